The Kier molecular flexibility index (Phi) is 4.52. The first kappa shape index (κ1) is 14.4. The van der Waals surface area contributed by atoms with Crippen LogP contribution in [0.2, 0.25) is 0 Å². The van der Waals surface area contributed by atoms with Gasteiger partial charge in [-0.25, -0.2) is 4.98 Å². The van der Waals surface area contributed by atoms with E-state index < -0.39 is 0 Å². The lowest BCUT2D eigenvalue weighted by molar-refractivity contribution is 0.751. The molecular weight excluding hydrogens is 276 g/mol. The van der Waals surface area contributed by atoms with Crippen molar-refractivity contribution < 1.29 is 0 Å². The summed E-state index contributed by atoms with van der Waals surface area (Å²) >= 11 is 3.49. The van der Waals surface area contributed by atoms with E-state index in [1.807, 2.05) is 18.7 Å². The minimum Gasteiger partial charge on any atom is -0.368 e. The van der Waals surface area contributed by atoms with Gasteiger partial charge in [-0.15, -0.1) is 11.3 Å². The van der Waals surface area contributed by atoms with E-state index in [1.54, 1.807) is 11.3 Å². The Hall–Kier alpha value is -1.01. The van der Waals surface area contributed by atoms with Crippen LogP contribution >= 0.6 is 23.1 Å². The van der Waals surface area contributed by atoms with Gasteiger partial charge in [0.15, 0.2) is 0 Å². The average Bonchev–Trinajstić information content (AvgIpc) is 2.85. The predicted octanol–water partition coefficient (Wildman–Crippen LogP) is 3.68. The van der Waals surface area contributed by atoms with Crippen molar-refractivity contribution in [1.82, 2.24) is 9.97 Å². The van der Waals surface area contributed by atoms with E-state index in [1.165, 1.54) is 0 Å². The first-order valence-electron chi connectivity index (χ1n) is 6.34. The molecule has 2 N–H and O–H groups in total. The van der Waals surface area contributed by atoms with Gasteiger partial charge in [-0.2, -0.15) is 16.7 Å². The summed E-state index contributed by atoms with van der Waals surface area (Å²) in [5.41, 5.74) is 0. The smallest absolute Gasteiger partial charge is 0.226 e. The number of aromatic nitrogens is 2. The number of anilines is 2. The SMILES string of the molecule is CCNc1nc(NCC(C)(C)SC)c2ccsc2n1. The monoisotopic (exact) mass is 296 g/mol. The van der Waals surface area contributed by atoms with Gasteiger partial charge in [-0.3, -0.25) is 0 Å². The first-order chi connectivity index (χ1) is 9.05. The molecule has 6 heteroatoms. The van der Waals surface area contributed by atoms with Crippen molar-refractivity contribution in [3.05, 3.63) is 11.4 Å². The molecule has 2 aromatic rings. The number of nitrogens with one attached hydrogen (secondary N) is 2. The zero-order valence-corrected chi connectivity index (χ0v) is 13.4. The van der Waals surface area contributed by atoms with Gasteiger partial charge in [0.05, 0.1) is 5.39 Å². The van der Waals surface area contributed by atoms with E-state index in [-0.39, 0.29) is 4.75 Å². The molecule has 2 heterocycles. The van der Waals surface area contributed by atoms with Crippen molar-refractivity contribution in [2.45, 2.75) is 25.5 Å². The highest BCUT2D eigenvalue weighted by Gasteiger charge is 2.17. The minimum atomic E-state index is 0.186. The molecule has 0 saturated heterocycles. The Labute approximate surface area is 122 Å². The van der Waals surface area contributed by atoms with Gasteiger partial charge in [0.1, 0.15) is 10.6 Å². The molecule has 0 unspecified atom stereocenters. The summed E-state index contributed by atoms with van der Waals surface area (Å²) in [6, 6.07) is 2.07. The Morgan fingerprint density at radius 2 is 2.11 bits per heavy atom. The molecule has 0 aliphatic heterocycles. The number of fused-ring (bicyclic) bond motifs is 1. The van der Waals surface area contributed by atoms with E-state index in [2.05, 4.69) is 52.2 Å². The molecule has 0 fully saturated rings. The fourth-order valence-corrected chi connectivity index (χ4v) is 2.58. The van der Waals surface area contributed by atoms with Crippen LogP contribution in [0.1, 0.15) is 20.8 Å². The van der Waals surface area contributed by atoms with Crippen molar-refractivity contribution in [1.29, 1.82) is 0 Å². The third-order valence-electron chi connectivity index (χ3n) is 2.89. The molecule has 2 rings (SSSR count). The number of hydrogen-bond donors (Lipinski definition) is 2. The zero-order valence-electron chi connectivity index (χ0n) is 11.8. The third kappa shape index (κ3) is 3.51. The van der Waals surface area contributed by atoms with E-state index in [0.717, 1.165) is 29.1 Å². The number of nitrogens with zero attached hydrogens (tertiary/aromatic N) is 2. The Morgan fingerprint density at radius 1 is 1.32 bits per heavy atom. The van der Waals surface area contributed by atoms with Crippen LogP contribution in [0.15, 0.2) is 11.4 Å². The van der Waals surface area contributed by atoms with Crippen molar-refractivity contribution in [3.63, 3.8) is 0 Å². The van der Waals surface area contributed by atoms with E-state index in [9.17, 15) is 0 Å². The summed E-state index contributed by atoms with van der Waals surface area (Å²) in [7, 11) is 0. The lowest BCUT2D eigenvalue weighted by Crippen LogP contribution is -2.26. The van der Waals surface area contributed by atoms with Crippen LogP contribution in [0.25, 0.3) is 10.2 Å². The van der Waals surface area contributed by atoms with Crippen molar-refractivity contribution >= 4 is 45.1 Å². The fraction of sp³-hybridized carbons (Fsp3) is 0.538. The molecule has 0 aromatic carbocycles. The van der Waals surface area contributed by atoms with Gasteiger partial charge in [0.25, 0.3) is 0 Å². The number of rotatable bonds is 6. The van der Waals surface area contributed by atoms with Crippen LogP contribution in [0, 0.1) is 0 Å². The van der Waals surface area contributed by atoms with Crippen LogP contribution in [0.3, 0.4) is 0 Å². The molecule has 104 valence electrons. The molecule has 0 bridgehead atoms. The maximum absolute atomic E-state index is 4.56. The van der Waals surface area contributed by atoms with Crippen LogP contribution in [-0.2, 0) is 0 Å². The van der Waals surface area contributed by atoms with Gasteiger partial charge in [-0.1, -0.05) is 0 Å². The summed E-state index contributed by atoms with van der Waals surface area (Å²) < 4.78 is 0.186. The Balaban J connectivity index is 2.27. The predicted molar refractivity (Wildman–Crippen MR) is 87.7 cm³/mol. The quantitative estimate of drug-likeness (QED) is 0.851. The largest absolute Gasteiger partial charge is 0.368 e. The summed E-state index contributed by atoms with van der Waals surface area (Å²) in [4.78, 5) is 10.1. The van der Waals surface area contributed by atoms with Crippen LogP contribution in [0.4, 0.5) is 11.8 Å². The zero-order chi connectivity index (χ0) is 13.9. The molecule has 19 heavy (non-hydrogen) atoms. The lowest BCUT2D eigenvalue weighted by Gasteiger charge is -2.22. The fourth-order valence-electron chi connectivity index (χ4n) is 1.60. The lowest BCUT2D eigenvalue weighted by atomic mass is 10.2. The summed E-state index contributed by atoms with van der Waals surface area (Å²) in [5, 5.41) is 9.79. The van der Waals surface area contributed by atoms with Crippen LogP contribution in [0.5, 0.6) is 0 Å². The number of hydrogen-bond acceptors (Lipinski definition) is 6. The standard InChI is InChI=1S/C13H20N4S2/c1-5-14-12-16-10(15-8-13(2,3)18-4)9-6-7-19-11(9)17-12/h6-7H,5,8H2,1-4H3,(H2,14,15,16,17). The molecule has 0 aliphatic rings. The number of thioether (sulfide) groups is 1. The third-order valence-corrected chi connectivity index (χ3v) is 4.95. The van der Waals surface area contributed by atoms with Gasteiger partial charge in [0, 0.05) is 17.8 Å². The highest BCUT2D eigenvalue weighted by molar-refractivity contribution is 7.99. The number of thiophene rings is 1. The molecule has 0 atom stereocenters. The molecule has 2 aromatic heterocycles. The second kappa shape index (κ2) is 5.96. The summed E-state index contributed by atoms with van der Waals surface area (Å²) in [5.74, 6) is 1.62. The van der Waals surface area contributed by atoms with Gasteiger partial charge in [-0.05, 0) is 38.5 Å². The van der Waals surface area contributed by atoms with Crippen LogP contribution in [-0.4, -0.2) is 34.1 Å². The van der Waals surface area contributed by atoms with E-state index >= 15 is 0 Å². The van der Waals surface area contributed by atoms with Gasteiger partial charge < -0.3 is 10.6 Å². The van der Waals surface area contributed by atoms with Gasteiger partial charge in [0.2, 0.25) is 5.95 Å². The second-order valence-corrected chi connectivity index (χ2v) is 7.29. The molecule has 0 spiro atoms. The second-order valence-electron chi connectivity index (χ2n) is 4.88. The summed E-state index contributed by atoms with van der Waals surface area (Å²) in [6.07, 6.45) is 2.13. The van der Waals surface area contributed by atoms with Gasteiger partial charge >= 0.3 is 0 Å². The average molecular weight is 296 g/mol. The molecule has 0 radical (unpaired) electrons. The topological polar surface area (TPSA) is 49.8 Å². The molecule has 0 amide bonds. The molecule has 0 aliphatic carbocycles. The Morgan fingerprint density at radius 3 is 2.79 bits per heavy atom. The normalized spacial score (nSPS) is 11.8. The van der Waals surface area contributed by atoms with E-state index in [4.69, 9.17) is 0 Å². The minimum absolute atomic E-state index is 0.186. The van der Waals surface area contributed by atoms with Crippen molar-refractivity contribution in [3.8, 4) is 0 Å². The maximum atomic E-state index is 4.56. The molecular formula is C13H20N4S2. The van der Waals surface area contributed by atoms with E-state index in [0.29, 0.717) is 5.95 Å². The summed E-state index contributed by atoms with van der Waals surface area (Å²) in [6.45, 7) is 8.20. The van der Waals surface area contributed by atoms with Crippen molar-refractivity contribution in [2.75, 3.05) is 30.0 Å². The highest BCUT2D eigenvalue weighted by Crippen LogP contribution is 2.28. The van der Waals surface area contributed by atoms with Crippen molar-refractivity contribution in [2.24, 2.45) is 0 Å². The maximum Gasteiger partial charge on any atom is 0.226 e. The first-order valence-corrected chi connectivity index (χ1v) is 8.44. The molecule has 0 saturated carbocycles. The highest BCUT2D eigenvalue weighted by atomic mass is 32.2. The Bertz CT molecular complexity index is 551. The molecule has 4 nitrogen and oxygen atoms in total. The van der Waals surface area contributed by atoms with Crippen LogP contribution < -0.4 is 10.6 Å².